The molecule has 0 aliphatic heterocycles. The zero-order chi connectivity index (χ0) is 17.9. The minimum absolute atomic E-state index is 0. The Labute approximate surface area is 171 Å². The molecule has 0 aromatic heterocycles. The average molecular weight is 468 g/mol. The summed E-state index contributed by atoms with van der Waals surface area (Å²) in [6, 6.07) is 17.4. The predicted molar refractivity (Wildman–Crippen MR) is 116 cm³/mol. The molecule has 2 aromatic rings. The van der Waals surface area contributed by atoms with Crippen LogP contribution in [-0.2, 0) is 11.2 Å². The quantitative estimate of drug-likeness (QED) is 0.241. The SMILES string of the molecule is CC(=O)Nc1cccc(OCCNC(N)=NCCc2ccccc2)c1.I. The van der Waals surface area contributed by atoms with Crippen LogP contribution in [0.25, 0.3) is 0 Å². The predicted octanol–water partition coefficient (Wildman–Crippen LogP) is 2.79. The van der Waals surface area contributed by atoms with Crippen molar-refractivity contribution in [1.29, 1.82) is 0 Å². The van der Waals surface area contributed by atoms with Crippen molar-refractivity contribution in [2.75, 3.05) is 25.0 Å². The highest BCUT2D eigenvalue weighted by Crippen LogP contribution is 2.16. The van der Waals surface area contributed by atoms with Gasteiger partial charge in [-0.25, -0.2) is 0 Å². The van der Waals surface area contributed by atoms with Crippen LogP contribution in [0.15, 0.2) is 59.6 Å². The van der Waals surface area contributed by atoms with Gasteiger partial charge >= 0.3 is 0 Å². The highest BCUT2D eigenvalue weighted by molar-refractivity contribution is 14.0. The molecule has 0 atom stereocenters. The van der Waals surface area contributed by atoms with Crippen molar-refractivity contribution in [2.24, 2.45) is 10.7 Å². The Morgan fingerprint density at radius 2 is 1.92 bits per heavy atom. The highest BCUT2D eigenvalue weighted by Gasteiger charge is 1.99. The maximum absolute atomic E-state index is 11.0. The van der Waals surface area contributed by atoms with E-state index >= 15 is 0 Å². The zero-order valence-electron chi connectivity index (χ0n) is 14.8. The van der Waals surface area contributed by atoms with Gasteiger partial charge in [-0.3, -0.25) is 9.79 Å². The second-order valence-electron chi connectivity index (χ2n) is 5.49. The number of nitrogens with one attached hydrogen (secondary N) is 2. The van der Waals surface area contributed by atoms with E-state index in [-0.39, 0.29) is 29.9 Å². The van der Waals surface area contributed by atoms with Gasteiger partial charge in [0.05, 0.1) is 6.54 Å². The largest absolute Gasteiger partial charge is 0.492 e. The Morgan fingerprint density at radius 1 is 1.15 bits per heavy atom. The van der Waals surface area contributed by atoms with Gasteiger partial charge in [-0.1, -0.05) is 36.4 Å². The number of amides is 1. The first kappa shape index (κ1) is 21.8. The molecule has 7 heteroatoms. The molecule has 6 nitrogen and oxygen atoms in total. The summed E-state index contributed by atoms with van der Waals surface area (Å²) in [6.45, 7) is 3.10. The lowest BCUT2D eigenvalue weighted by molar-refractivity contribution is -0.114. The molecular formula is C19H25IN4O2. The third-order valence-corrected chi connectivity index (χ3v) is 3.36. The number of benzene rings is 2. The van der Waals surface area contributed by atoms with Crippen molar-refractivity contribution in [3.63, 3.8) is 0 Å². The van der Waals surface area contributed by atoms with E-state index in [1.807, 2.05) is 36.4 Å². The molecule has 0 heterocycles. The maximum Gasteiger partial charge on any atom is 0.221 e. The van der Waals surface area contributed by atoms with E-state index in [4.69, 9.17) is 10.5 Å². The number of ether oxygens (including phenoxy) is 1. The van der Waals surface area contributed by atoms with Gasteiger partial charge < -0.3 is 21.1 Å². The number of nitrogens with zero attached hydrogens (tertiary/aromatic N) is 1. The molecule has 0 fully saturated rings. The summed E-state index contributed by atoms with van der Waals surface area (Å²) < 4.78 is 5.63. The van der Waals surface area contributed by atoms with Crippen LogP contribution in [0.3, 0.4) is 0 Å². The van der Waals surface area contributed by atoms with Crippen molar-refractivity contribution < 1.29 is 9.53 Å². The lowest BCUT2D eigenvalue weighted by atomic mass is 10.2. The molecule has 0 aliphatic carbocycles. The van der Waals surface area contributed by atoms with Crippen LogP contribution >= 0.6 is 24.0 Å². The second-order valence-corrected chi connectivity index (χ2v) is 5.49. The van der Waals surface area contributed by atoms with E-state index in [0.29, 0.717) is 37.1 Å². The number of halogens is 1. The fourth-order valence-corrected chi connectivity index (χ4v) is 2.22. The van der Waals surface area contributed by atoms with E-state index in [2.05, 4.69) is 27.8 Å². The summed E-state index contributed by atoms with van der Waals surface area (Å²) in [5.41, 5.74) is 7.78. The summed E-state index contributed by atoms with van der Waals surface area (Å²) in [7, 11) is 0. The normalized spacial score (nSPS) is 10.6. The van der Waals surface area contributed by atoms with Crippen molar-refractivity contribution in [2.45, 2.75) is 13.3 Å². The van der Waals surface area contributed by atoms with Crippen LogP contribution in [0.1, 0.15) is 12.5 Å². The molecule has 2 aromatic carbocycles. The summed E-state index contributed by atoms with van der Waals surface area (Å²) in [5, 5.41) is 5.74. The number of carbonyl (C=O) groups is 1. The molecule has 26 heavy (non-hydrogen) atoms. The average Bonchev–Trinajstić information content (AvgIpc) is 2.59. The number of nitrogens with two attached hydrogens (primary N) is 1. The fourth-order valence-electron chi connectivity index (χ4n) is 2.22. The Bertz CT molecular complexity index is 708. The molecule has 4 N–H and O–H groups in total. The van der Waals surface area contributed by atoms with Crippen LogP contribution < -0.4 is 21.1 Å². The van der Waals surface area contributed by atoms with Crippen molar-refractivity contribution in [1.82, 2.24) is 5.32 Å². The van der Waals surface area contributed by atoms with Gasteiger partial charge in [0.2, 0.25) is 5.91 Å². The van der Waals surface area contributed by atoms with Crippen molar-refractivity contribution in [3.05, 3.63) is 60.2 Å². The Balaban J connectivity index is 0.00000338. The molecule has 1 amide bonds. The first-order chi connectivity index (χ1) is 12.1. The van der Waals surface area contributed by atoms with Crippen molar-refractivity contribution >= 4 is 41.5 Å². The number of guanidine groups is 1. The first-order valence-corrected chi connectivity index (χ1v) is 8.21. The van der Waals surface area contributed by atoms with Gasteiger partial charge in [0.1, 0.15) is 12.4 Å². The van der Waals surface area contributed by atoms with Crippen LogP contribution in [0, 0.1) is 0 Å². The summed E-state index contributed by atoms with van der Waals surface area (Å²) in [6.07, 6.45) is 0.857. The zero-order valence-corrected chi connectivity index (χ0v) is 17.1. The lowest BCUT2D eigenvalue weighted by Crippen LogP contribution is -2.35. The molecule has 0 unspecified atom stereocenters. The number of carbonyl (C=O) groups excluding carboxylic acids is 1. The highest BCUT2D eigenvalue weighted by atomic mass is 127. The molecule has 0 bridgehead atoms. The van der Waals surface area contributed by atoms with E-state index in [1.54, 1.807) is 6.07 Å². The first-order valence-electron chi connectivity index (χ1n) is 8.21. The molecule has 2 rings (SSSR count). The topological polar surface area (TPSA) is 88.7 Å². The second kappa shape index (κ2) is 12.1. The third kappa shape index (κ3) is 8.70. The van der Waals surface area contributed by atoms with E-state index in [1.165, 1.54) is 12.5 Å². The summed E-state index contributed by atoms with van der Waals surface area (Å²) >= 11 is 0. The van der Waals surface area contributed by atoms with E-state index in [9.17, 15) is 4.79 Å². The standard InChI is InChI=1S/C19H24N4O2.HI/c1-15(24)23-17-8-5-9-18(14-17)25-13-12-22-19(20)21-11-10-16-6-3-2-4-7-16;/h2-9,14H,10-13H2,1H3,(H,23,24)(H3,20,21,22);1H. The molecular weight excluding hydrogens is 443 g/mol. The van der Waals surface area contributed by atoms with E-state index in [0.717, 1.165) is 6.42 Å². The third-order valence-electron chi connectivity index (χ3n) is 3.36. The molecule has 0 radical (unpaired) electrons. The smallest absolute Gasteiger partial charge is 0.221 e. The van der Waals surface area contributed by atoms with Crippen LogP contribution in [0.2, 0.25) is 0 Å². The van der Waals surface area contributed by atoms with Gasteiger partial charge in [-0.15, -0.1) is 24.0 Å². The minimum Gasteiger partial charge on any atom is -0.492 e. The summed E-state index contributed by atoms with van der Waals surface area (Å²) in [5.74, 6) is 0.984. The Hall–Kier alpha value is -2.29. The van der Waals surface area contributed by atoms with Gasteiger partial charge in [-0.2, -0.15) is 0 Å². The number of aliphatic imine (C=N–C) groups is 1. The molecule has 140 valence electrons. The van der Waals surface area contributed by atoms with Crippen LogP contribution in [0.4, 0.5) is 5.69 Å². The van der Waals surface area contributed by atoms with Crippen LogP contribution in [-0.4, -0.2) is 31.6 Å². The van der Waals surface area contributed by atoms with Gasteiger partial charge in [0.15, 0.2) is 5.96 Å². The molecule has 0 spiro atoms. The lowest BCUT2D eigenvalue weighted by Gasteiger charge is -2.09. The van der Waals surface area contributed by atoms with Gasteiger partial charge in [0.25, 0.3) is 0 Å². The van der Waals surface area contributed by atoms with Gasteiger partial charge in [0, 0.05) is 25.2 Å². The summed E-state index contributed by atoms with van der Waals surface area (Å²) in [4.78, 5) is 15.3. The number of hydrogen-bond donors (Lipinski definition) is 3. The minimum atomic E-state index is -0.113. The maximum atomic E-state index is 11.0. The van der Waals surface area contributed by atoms with Crippen LogP contribution in [0.5, 0.6) is 5.75 Å². The number of rotatable bonds is 8. The molecule has 0 saturated carbocycles. The van der Waals surface area contributed by atoms with E-state index < -0.39 is 0 Å². The Kier molecular flexibility index (Phi) is 10.1. The molecule has 0 saturated heterocycles. The number of anilines is 1. The monoisotopic (exact) mass is 468 g/mol. The fraction of sp³-hybridized carbons (Fsp3) is 0.263. The van der Waals surface area contributed by atoms with Gasteiger partial charge in [-0.05, 0) is 24.1 Å². The van der Waals surface area contributed by atoms with Crippen molar-refractivity contribution in [3.8, 4) is 5.75 Å². The number of hydrogen-bond acceptors (Lipinski definition) is 3. The Morgan fingerprint density at radius 3 is 2.65 bits per heavy atom. The molecule has 0 aliphatic rings.